The summed E-state index contributed by atoms with van der Waals surface area (Å²) < 4.78 is 16.7. The van der Waals surface area contributed by atoms with Gasteiger partial charge in [-0.15, -0.1) is 0 Å². The molecule has 0 saturated carbocycles. The predicted octanol–water partition coefficient (Wildman–Crippen LogP) is 16.7. The summed E-state index contributed by atoms with van der Waals surface area (Å²) in [5, 5.41) is 0. The van der Waals surface area contributed by atoms with Crippen molar-refractivity contribution in [2.75, 3.05) is 13.2 Å². The maximum Gasteiger partial charge on any atom is 0.306 e. The summed E-state index contributed by atoms with van der Waals surface area (Å²) in [6.07, 6.45) is 58.3. The summed E-state index contributed by atoms with van der Waals surface area (Å²) in [4.78, 5) is 37.8. The highest BCUT2D eigenvalue weighted by Gasteiger charge is 2.19. The Bertz CT molecular complexity index is 1060. The van der Waals surface area contributed by atoms with Crippen molar-refractivity contribution in [3.05, 3.63) is 48.6 Å². The molecule has 348 valence electrons. The third-order valence-electron chi connectivity index (χ3n) is 11.1. The topological polar surface area (TPSA) is 78.9 Å². The van der Waals surface area contributed by atoms with Gasteiger partial charge in [0, 0.05) is 19.3 Å². The van der Waals surface area contributed by atoms with E-state index in [1.165, 1.54) is 154 Å². The van der Waals surface area contributed by atoms with E-state index < -0.39 is 6.10 Å². The molecule has 0 aromatic heterocycles. The van der Waals surface area contributed by atoms with Crippen molar-refractivity contribution in [2.24, 2.45) is 0 Å². The average Bonchev–Trinajstić information content (AvgIpc) is 3.24. The monoisotopic (exact) mass is 841 g/mol. The molecule has 6 nitrogen and oxygen atoms in total. The van der Waals surface area contributed by atoms with Crippen molar-refractivity contribution in [3.63, 3.8) is 0 Å². The lowest BCUT2D eigenvalue weighted by Crippen LogP contribution is -2.30. The second-order valence-corrected chi connectivity index (χ2v) is 17.1. The van der Waals surface area contributed by atoms with E-state index in [0.29, 0.717) is 25.7 Å². The highest BCUT2D eigenvalue weighted by molar-refractivity contribution is 5.71. The van der Waals surface area contributed by atoms with Gasteiger partial charge in [0.2, 0.25) is 0 Å². The van der Waals surface area contributed by atoms with Crippen molar-refractivity contribution >= 4 is 17.9 Å². The van der Waals surface area contributed by atoms with Crippen LogP contribution in [0, 0.1) is 0 Å². The van der Waals surface area contributed by atoms with Gasteiger partial charge in [-0.3, -0.25) is 14.4 Å². The Labute approximate surface area is 371 Å². The number of carbonyl (C=O) groups is 3. The van der Waals surface area contributed by atoms with Crippen LogP contribution in [-0.4, -0.2) is 37.2 Å². The van der Waals surface area contributed by atoms with E-state index in [1.807, 2.05) is 0 Å². The predicted molar refractivity (Wildman–Crippen MR) is 256 cm³/mol. The van der Waals surface area contributed by atoms with E-state index in [1.54, 1.807) is 0 Å². The first-order valence-corrected chi connectivity index (χ1v) is 25.6. The Morgan fingerprint density at radius 3 is 1.02 bits per heavy atom. The number of hydrogen-bond donors (Lipinski definition) is 0. The number of ether oxygens (including phenoxy) is 3. The second-order valence-electron chi connectivity index (χ2n) is 17.1. The molecule has 0 aliphatic carbocycles. The summed E-state index contributed by atoms with van der Waals surface area (Å²) in [7, 11) is 0. The molecule has 0 heterocycles. The molecular formula is C54H96O6. The van der Waals surface area contributed by atoms with E-state index in [0.717, 1.165) is 51.4 Å². The quantitative estimate of drug-likeness (QED) is 0.0263. The number of rotatable bonds is 46. The number of unbranched alkanes of at least 4 members (excludes halogenated alkanes) is 27. The molecular weight excluding hydrogens is 745 g/mol. The molecule has 1 unspecified atom stereocenters. The molecule has 0 aromatic carbocycles. The Balaban J connectivity index is 4.40. The van der Waals surface area contributed by atoms with Crippen LogP contribution in [0.1, 0.15) is 258 Å². The minimum absolute atomic E-state index is 0.102. The fraction of sp³-hybridized carbons (Fsp3) is 0.796. The van der Waals surface area contributed by atoms with Crippen molar-refractivity contribution in [3.8, 4) is 0 Å². The second kappa shape index (κ2) is 49.0. The van der Waals surface area contributed by atoms with Crippen LogP contribution in [0.25, 0.3) is 0 Å². The maximum atomic E-state index is 12.8. The van der Waals surface area contributed by atoms with Crippen LogP contribution in [0.3, 0.4) is 0 Å². The first-order chi connectivity index (χ1) is 29.5. The van der Waals surface area contributed by atoms with Gasteiger partial charge in [0.25, 0.3) is 0 Å². The van der Waals surface area contributed by atoms with Gasteiger partial charge < -0.3 is 14.2 Å². The van der Waals surface area contributed by atoms with Gasteiger partial charge in [-0.25, -0.2) is 0 Å². The molecule has 6 heteroatoms. The highest BCUT2D eigenvalue weighted by atomic mass is 16.6. The largest absolute Gasteiger partial charge is 0.462 e. The standard InChI is InChI=1S/C54H96O6/c1-4-7-10-13-16-19-21-23-25-27-29-30-32-35-38-41-44-47-53(56)59-50-51(49-58-52(55)46-43-40-37-34-18-15-12-9-6-3)60-54(57)48-45-42-39-36-33-31-28-26-24-22-20-17-14-11-8-5-2/h23,25,29-30,34-35,37-38,51H,4-22,24,26-28,31-33,36,39-50H2,1-3H3/b25-23-,30-29-,37-34-,38-35-. The lowest BCUT2D eigenvalue weighted by atomic mass is 10.0. The molecule has 0 amide bonds. The van der Waals surface area contributed by atoms with Gasteiger partial charge in [0.1, 0.15) is 13.2 Å². The third-order valence-corrected chi connectivity index (χ3v) is 11.1. The molecule has 0 fully saturated rings. The van der Waals surface area contributed by atoms with Crippen LogP contribution in [0.2, 0.25) is 0 Å². The first-order valence-electron chi connectivity index (χ1n) is 25.6. The van der Waals surface area contributed by atoms with E-state index >= 15 is 0 Å². The lowest BCUT2D eigenvalue weighted by molar-refractivity contribution is -0.167. The summed E-state index contributed by atoms with van der Waals surface area (Å²) in [5.41, 5.74) is 0. The molecule has 1 atom stereocenters. The molecule has 0 radical (unpaired) electrons. The van der Waals surface area contributed by atoms with E-state index in [4.69, 9.17) is 14.2 Å². The van der Waals surface area contributed by atoms with Crippen LogP contribution in [0.4, 0.5) is 0 Å². The number of allylic oxidation sites excluding steroid dienone is 8. The van der Waals surface area contributed by atoms with Gasteiger partial charge in [-0.1, -0.05) is 217 Å². The average molecular weight is 841 g/mol. The highest BCUT2D eigenvalue weighted by Crippen LogP contribution is 2.15. The zero-order valence-corrected chi connectivity index (χ0v) is 39.7. The number of esters is 3. The van der Waals surface area contributed by atoms with Gasteiger partial charge in [-0.2, -0.15) is 0 Å². The first kappa shape index (κ1) is 57.4. The molecule has 0 aliphatic rings. The summed E-state index contributed by atoms with van der Waals surface area (Å²) in [5.74, 6) is -0.981. The maximum absolute atomic E-state index is 12.8. The molecule has 0 aliphatic heterocycles. The van der Waals surface area contributed by atoms with E-state index in [-0.39, 0.29) is 37.5 Å². The van der Waals surface area contributed by atoms with Gasteiger partial charge in [0.05, 0.1) is 0 Å². The van der Waals surface area contributed by atoms with Crippen LogP contribution in [0.15, 0.2) is 48.6 Å². The molecule has 60 heavy (non-hydrogen) atoms. The SMILES string of the molecule is CCCCCC/C=C\CCCC(=O)OCC(COC(=O)CCC/C=C\C/C=C\C/C=C\CCCCCCCC)OC(=O)CCCCCCCCCCCCCCCCCC. The fourth-order valence-electron chi connectivity index (χ4n) is 7.17. The van der Waals surface area contributed by atoms with Gasteiger partial charge in [0.15, 0.2) is 6.10 Å². The summed E-state index contributed by atoms with van der Waals surface area (Å²) in [6.45, 7) is 6.54. The van der Waals surface area contributed by atoms with Gasteiger partial charge in [-0.05, 0) is 70.6 Å². The van der Waals surface area contributed by atoms with Crippen LogP contribution in [-0.2, 0) is 28.6 Å². The summed E-state index contributed by atoms with van der Waals surface area (Å²) in [6, 6.07) is 0. The Kier molecular flexibility index (Phi) is 46.9. The van der Waals surface area contributed by atoms with Crippen molar-refractivity contribution in [2.45, 2.75) is 264 Å². The molecule has 0 N–H and O–H groups in total. The van der Waals surface area contributed by atoms with Crippen LogP contribution in [0.5, 0.6) is 0 Å². The minimum atomic E-state index is -0.799. The summed E-state index contributed by atoms with van der Waals surface area (Å²) >= 11 is 0. The zero-order chi connectivity index (χ0) is 43.7. The minimum Gasteiger partial charge on any atom is -0.462 e. The normalized spacial score (nSPS) is 12.4. The van der Waals surface area contributed by atoms with Crippen molar-refractivity contribution in [1.29, 1.82) is 0 Å². The van der Waals surface area contributed by atoms with Crippen molar-refractivity contribution < 1.29 is 28.6 Å². The smallest absolute Gasteiger partial charge is 0.306 e. The molecule has 0 rings (SSSR count). The molecule has 0 aromatic rings. The van der Waals surface area contributed by atoms with Crippen LogP contribution >= 0.6 is 0 Å². The fourth-order valence-corrected chi connectivity index (χ4v) is 7.17. The van der Waals surface area contributed by atoms with Gasteiger partial charge >= 0.3 is 17.9 Å². The molecule has 0 saturated heterocycles. The Hall–Kier alpha value is -2.63. The van der Waals surface area contributed by atoms with Crippen molar-refractivity contribution in [1.82, 2.24) is 0 Å². The number of carbonyl (C=O) groups excluding carboxylic acids is 3. The Morgan fingerprint density at radius 2 is 0.617 bits per heavy atom. The Morgan fingerprint density at radius 1 is 0.333 bits per heavy atom. The number of hydrogen-bond acceptors (Lipinski definition) is 6. The zero-order valence-electron chi connectivity index (χ0n) is 39.7. The lowest BCUT2D eigenvalue weighted by Gasteiger charge is -2.18. The van der Waals surface area contributed by atoms with E-state index in [9.17, 15) is 14.4 Å². The van der Waals surface area contributed by atoms with Crippen LogP contribution < -0.4 is 0 Å². The third kappa shape index (κ3) is 46.4. The molecule has 0 spiro atoms. The van der Waals surface area contributed by atoms with E-state index in [2.05, 4.69) is 69.4 Å². The molecule has 0 bridgehead atoms.